The Morgan fingerprint density at radius 2 is 2.33 bits per heavy atom. The fraction of sp³-hybridized carbons (Fsp3) is 0.667. The summed E-state index contributed by atoms with van der Waals surface area (Å²) in [4.78, 5) is 22.3. The van der Waals surface area contributed by atoms with Gasteiger partial charge in [-0.3, -0.25) is 9.69 Å². The third-order valence-electron chi connectivity index (χ3n) is 1.09. The van der Waals surface area contributed by atoms with Gasteiger partial charge in [0.2, 0.25) is 0 Å². The van der Waals surface area contributed by atoms with Crippen LogP contribution in [0.4, 0.5) is 0 Å². The Hall–Kier alpha value is -0.875. The van der Waals surface area contributed by atoms with Crippen molar-refractivity contribution in [2.24, 2.45) is 0 Å². The quantitative estimate of drug-likeness (QED) is 0.416. The molecule has 0 heterocycles. The molecule has 12 heavy (non-hydrogen) atoms. The maximum atomic E-state index is 10.8. The van der Waals surface area contributed by atoms with Gasteiger partial charge in [0.25, 0.3) is 0 Å². The predicted octanol–water partition coefficient (Wildman–Crippen LogP) is -1.23. The fourth-order valence-corrected chi connectivity index (χ4v) is 0.640. The number of hydrogen-bond acceptors (Lipinski definition) is 5. The minimum atomic E-state index is -1.10. The van der Waals surface area contributed by atoms with Crippen LogP contribution in [-0.4, -0.2) is 49.4 Å². The van der Waals surface area contributed by atoms with E-state index in [-0.39, 0.29) is 13.1 Å². The zero-order valence-electron chi connectivity index (χ0n) is 7.19. The Labute approximate surface area is 71.4 Å². The second-order valence-electron chi connectivity index (χ2n) is 2.45. The van der Waals surface area contributed by atoms with E-state index in [1.165, 1.54) is 11.7 Å². The highest BCUT2D eigenvalue weighted by Crippen LogP contribution is 1.86. The van der Waals surface area contributed by atoms with Crippen LogP contribution in [0.3, 0.4) is 0 Å². The monoisotopic (exact) mass is 173 g/mol. The highest BCUT2D eigenvalue weighted by molar-refractivity contribution is 6.43. The summed E-state index contributed by atoms with van der Waals surface area (Å²) in [5.74, 6) is -0.547. The van der Waals surface area contributed by atoms with Crippen molar-refractivity contribution in [2.45, 2.75) is 6.82 Å². The Morgan fingerprint density at radius 3 is 2.75 bits per heavy atom. The topological polar surface area (TPSA) is 66.8 Å². The summed E-state index contributed by atoms with van der Waals surface area (Å²) in [5.41, 5.74) is 0. The van der Waals surface area contributed by atoms with Crippen LogP contribution in [0.15, 0.2) is 0 Å². The van der Waals surface area contributed by atoms with Gasteiger partial charge in [-0.25, -0.2) is 0 Å². The second kappa shape index (κ2) is 5.73. The van der Waals surface area contributed by atoms with Crippen LogP contribution in [0.2, 0.25) is 6.82 Å². The highest BCUT2D eigenvalue weighted by atomic mass is 16.6. The van der Waals surface area contributed by atoms with Crippen molar-refractivity contribution in [1.29, 1.82) is 0 Å². The molecule has 0 aromatic carbocycles. The van der Waals surface area contributed by atoms with Gasteiger partial charge in [-0.1, -0.05) is 0 Å². The molecular weight excluding hydrogens is 161 g/mol. The number of hydrogen-bond donors (Lipinski definition) is 1. The van der Waals surface area contributed by atoms with Gasteiger partial charge in [-0.2, -0.15) is 0 Å². The molecule has 0 rings (SSSR count). The molecule has 0 bridgehead atoms. The smallest absolute Gasteiger partial charge is 0.509 e. The van der Waals surface area contributed by atoms with Gasteiger partial charge >= 0.3 is 13.1 Å². The van der Waals surface area contributed by atoms with Gasteiger partial charge in [0, 0.05) is 0 Å². The lowest BCUT2D eigenvalue weighted by atomic mass is 9.97. The van der Waals surface area contributed by atoms with Crippen molar-refractivity contribution in [3.63, 3.8) is 0 Å². The third-order valence-corrected chi connectivity index (χ3v) is 1.09. The standard InChI is InChI=1S/C6H12BNO4/c1-7(11)12-6(10)5-8(2)3-4-9/h4,11H,3,5H2,1-2H3. The summed E-state index contributed by atoms with van der Waals surface area (Å²) in [6.45, 7) is 1.52. The summed E-state index contributed by atoms with van der Waals surface area (Å²) < 4.78 is 4.43. The SMILES string of the molecule is CB(O)OC(=O)CN(C)CC=O. The molecule has 0 radical (unpaired) electrons. The average molecular weight is 173 g/mol. The minimum absolute atomic E-state index is 0.00361. The molecule has 0 fully saturated rings. The van der Waals surface area contributed by atoms with Gasteiger partial charge in [0.15, 0.2) is 0 Å². The molecule has 68 valence electrons. The van der Waals surface area contributed by atoms with Crippen LogP contribution in [-0.2, 0) is 14.2 Å². The predicted molar refractivity (Wildman–Crippen MR) is 43.5 cm³/mol. The number of nitrogens with zero attached hydrogens (tertiary/aromatic N) is 1. The molecule has 0 saturated carbocycles. The van der Waals surface area contributed by atoms with Crippen molar-refractivity contribution < 1.29 is 19.3 Å². The average Bonchev–Trinajstić information content (AvgIpc) is 1.84. The summed E-state index contributed by atoms with van der Waals surface area (Å²) in [6, 6.07) is 0. The van der Waals surface area contributed by atoms with Crippen molar-refractivity contribution in [1.82, 2.24) is 4.90 Å². The van der Waals surface area contributed by atoms with Gasteiger partial charge in [0.1, 0.15) is 6.29 Å². The van der Waals surface area contributed by atoms with E-state index in [0.29, 0.717) is 6.29 Å². The van der Waals surface area contributed by atoms with E-state index in [4.69, 9.17) is 5.02 Å². The lowest BCUT2D eigenvalue weighted by Gasteiger charge is -2.12. The maximum Gasteiger partial charge on any atom is 0.521 e. The maximum absolute atomic E-state index is 10.8. The molecule has 0 aliphatic carbocycles. The van der Waals surface area contributed by atoms with E-state index in [1.54, 1.807) is 7.05 Å². The molecule has 0 aromatic rings. The van der Waals surface area contributed by atoms with Crippen LogP contribution < -0.4 is 0 Å². The second-order valence-corrected chi connectivity index (χ2v) is 2.45. The Bertz CT molecular complexity index is 162. The third kappa shape index (κ3) is 5.88. The Balaban J connectivity index is 3.61. The van der Waals surface area contributed by atoms with Crippen LogP contribution >= 0.6 is 0 Å². The number of rotatable bonds is 5. The molecule has 0 atom stereocenters. The lowest BCUT2D eigenvalue weighted by molar-refractivity contribution is -0.136. The first kappa shape index (κ1) is 11.1. The molecule has 0 amide bonds. The van der Waals surface area contributed by atoms with Gasteiger partial charge in [-0.15, -0.1) is 0 Å². The number of carbonyl (C=O) groups excluding carboxylic acids is 2. The first-order valence-electron chi connectivity index (χ1n) is 3.56. The first-order chi connectivity index (χ1) is 5.56. The fourth-order valence-electron chi connectivity index (χ4n) is 0.640. The van der Waals surface area contributed by atoms with E-state index < -0.39 is 13.1 Å². The molecule has 5 nitrogen and oxygen atoms in total. The zero-order valence-corrected chi connectivity index (χ0v) is 7.19. The first-order valence-corrected chi connectivity index (χ1v) is 3.56. The summed E-state index contributed by atoms with van der Waals surface area (Å²) in [6.07, 6.45) is 0.690. The van der Waals surface area contributed by atoms with Crippen LogP contribution in [0.1, 0.15) is 0 Å². The molecular formula is C6H12BNO4. The molecule has 0 aromatic heterocycles. The number of carbonyl (C=O) groups is 2. The number of aldehydes is 1. The Morgan fingerprint density at radius 1 is 1.75 bits per heavy atom. The van der Waals surface area contributed by atoms with E-state index in [2.05, 4.69) is 4.65 Å². The van der Waals surface area contributed by atoms with Crippen molar-refractivity contribution >= 4 is 19.4 Å². The van der Waals surface area contributed by atoms with Gasteiger partial charge < -0.3 is 14.5 Å². The van der Waals surface area contributed by atoms with Crippen molar-refractivity contribution in [2.75, 3.05) is 20.1 Å². The van der Waals surface area contributed by atoms with Crippen LogP contribution in [0.5, 0.6) is 0 Å². The minimum Gasteiger partial charge on any atom is -0.509 e. The number of likely N-dealkylation sites (N-methyl/N-ethyl adjacent to an activating group) is 1. The zero-order chi connectivity index (χ0) is 9.56. The normalized spacial score (nSPS) is 9.67. The largest absolute Gasteiger partial charge is 0.521 e. The lowest BCUT2D eigenvalue weighted by Crippen LogP contribution is -2.31. The highest BCUT2D eigenvalue weighted by Gasteiger charge is 2.12. The van der Waals surface area contributed by atoms with Crippen LogP contribution in [0, 0.1) is 0 Å². The van der Waals surface area contributed by atoms with Crippen LogP contribution in [0.25, 0.3) is 0 Å². The molecule has 6 heteroatoms. The van der Waals surface area contributed by atoms with Crippen molar-refractivity contribution in [3.05, 3.63) is 0 Å². The Kier molecular flexibility index (Phi) is 5.32. The summed E-state index contributed by atoms with van der Waals surface area (Å²) in [5, 5.41) is 8.63. The van der Waals surface area contributed by atoms with E-state index >= 15 is 0 Å². The summed E-state index contributed by atoms with van der Waals surface area (Å²) in [7, 11) is 0.514. The van der Waals surface area contributed by atoms with E-state index in [9.17, 15) is 9.59 Å². The molecule has 0 aliphatic heterocycles. The molecule has 1 N–H and O–H groups in total. The van der Waals surface area contributed by atoms with E-state index in [1.807, 2.05) is 0 Å². The molecule has 0 saturated heterocycles. The summed E-state index contributed by atoms with van der Waals surface area (Å²) >= 11 is 0. The molecule has 0 spiro atoms. The molecule has 0 unspecified atom stereocenters. The van der Waals surface area contributed by atoms with Crippen molar-refractivity contribution in [3.8, 4) is 0 Å². The van der Waals surface area contributed by atoms with Gasteiger partial charge in [-0.05, 0) is 13.9 Å². The molecule has 0 aliphatic rings. The van der Waals surface area contributed by atoms with E-state index in [0.717, 1.165) is 0 Å². The van der Waals surface area contributed by atoms with Gasteiger partial charge in [0.05, 0.1) is 13.1 Å².